The lowest BCUT2D eigenvalue weighted by atomic mass is 10.1. The minimum Gasteiger partial charge on any atom is -0.490 e. The quantitative estimate of drug-likeness (QED) is 0.581. The van der Waals surface area contributed by atoms with Crippen LogP contribution in [0.25, 0.3) is 0 Å². The fourth-order valence-electron chi connectivity index (χ4n) is 2.12. The second kappa shape index (κ2) is 10.1. The first-order valence-corrected chi connectivity index (χ1v) is 7.96. The first kappa shape index (κ1) is 17.4. The van der Waals surface area contributed by atoms with Crippen LogP contribution in [-0.4, -0.2) is 19.8 Å². The zero-order valence-corrected chi connectivity index (χ0v) is 13.8. The maximum Gasteiger partial charge on any atom is 0.203 e. The van der Waals surface area contributed by atoms with E-state index in [9.17, 15) is 0 Å². The molecule has 0 atom stereocenters. The fraction of sp³-hybridized carbons (Fsp3) is 0.556. The molecule has 1 rings (SSSR count). The highest BCUT2D eigenvalue weighted by atomic mass is 16.5. The van der Waals surface area contributed by atoms with E-state index in [1.807, 2.05) is 20.8 Å². The van der Waals surface area contributed by atoms with E-state index in [0.29, 0.717) is 25.6 Å². The summed E-state index contributed by atoms with van der Waals surface area (Å²) >= 11 is 0. The Balaban J connectivity index is 3.00. The predicted octanol–water partition coefficient (Wildman–Crippen LogP) is 4.78. The summed E-state index contributed by atoms with van der Waals surface area (Å²) in [6.45, 7) is 9.90. The van der Waals surface area contributed by atoms with E-state index in [-0.39, 0.29) is 0 Å². The number of ether oxygens (including phenoxy) is 3. The number of hydrogen-bond donors (Lipinski definition) is 0. The van der Waals surface area contributed by atoms with Gasteiger partial charge in [0.25, 0.3) is 0 Å². The average molecular weight is 292 g/mol. The molecule has 0 bridgehead atoms. The second-order valence-corrected chi connectivity index (χ2v) is 4.64. The summed E-state index contributed by atoms with van der Waals surface area (Å²) < 4.78 is 17.2. The predicted molar refractivity (Wildman–Crippen MR) is 87.7 cm³/mol. The summed E-state index contributed by atoms with van der Waals surface area (Å²) in [4.78, 5) is 0. The molecule has 0 saturated carbocycles. The molecule has 0 spiro atoms. The fourth-order valence-corrected chi connectivity index (χ4v) is 2.12. The minimum atomic E-state index is 0.596. The van der Waals surface area contributed by atoms with Gasteiger partial charge in [0, 0.05) is 0 Å². The van der Waals surface area contributed by atoms with Crippen LogP contribution in [0.4, 0.5) is 0 Å². The Hall–Kier alpha value is -1.64. The van der Waals surface area contributed by atoms with E-state index in [4.69, 9.17) is 14.2 Å². The Morgan fingerprint density at radius 1 is 0.810 bits per heavy atom. The van der Waals surface area contributed by atoms with Crippen LogP contribution in [0.1, 0.15) is 46.1 Å². The number of benzene rings is 1. The van der Waals surface area contributed by atoms with Crippen molar-refractivity contribution in [3.63, 3.8) is 0 Å². The minimum absolute atomic E-state index is 0.596. The smallest absolute Gasteiger partial charge is 0.203 e. The highest BCUT2D eigenvalue weighted by Crippen LogP contribution is 2.39. The van der Waals surface area contributed by atoms with E-state index in [0.717, 1.165) is 30.8 Å². The van der Waals surface area contributed by atoms with Gasteiger partial charge in [0.1, 0.15) is 0 Å². The van der Waals surface area contributed by atoms with Crippen LogP contribution < -0.4 is 14.2 Å². The molecule has 0 radical (unpaired) electrons. The van der Waals surface area contributed by atoms with E-state index >= 15 is 0 Å². The van der Waals surface area contributed by atoms with Crippen LogP contribution in [-0.2, 0) is 6.42 Å². The van der Waals surface area contributed by atoms with Crippen molar-refractivity contribution in [3.8, 4) is 17.2 Å². The summed E-state index contributed by atoms with van der Waals surface area (Å²) in [5.41, 5.74) is 1.21. The monoisotopic (exact) mass is 292 g/mol. The normalized spacial score (nSPS) is 10.9. The van der Waals surface area contributed by atoms with Crippen LogP contribution in [0.2, 0.25) is 0 Å². The first-order chi connectivity index (χ1) is 10.3. The molecule has 0 aromatic heterocycles. The molecule has 0 fully saturated rings. The Morgan fingerprint density at radius 3 is 1.86 bits per heavy atom. The number of hydrogen-bond acceptors (Lipinski definition) is 3. The lowest BCUT2D eigenvalue weighted by molar-refractivity contribution is 0.260. The van der Waals surface area contributed by atoms with Crippen molar-refractivity contribution in [2.75, 3.05) is 19.8 Å². The van der Waals surface area contributed by atoms with Gasteiger partial charge in [-0.05, 0) is 57.7 Å². The zero-order valence-electron chi connectivity index (χ0n) is 13.8. The summed E-state index contributed by atoms with van der Waals surface area (Å²) in [5.74, 6) is 2.27. The zero-order chi connectivity index (χ0) is 15.5. The Labute approximate surface area is 128 Å². The van der Waals surface area contributed by atoms with Gasteiger partial charge in [-0.2, -0.15) is 0 Å². The third-order valence-electron chi connectivity index (χ3n) is 2.97. The molecule has 0 amide bonds. The Kier molecular flexibility index (Phi) is 8.41. The van der Waals surface area contributed by atoms with Gasteiger partial charge < -0.3 is 14.2 Å². The topological polar surface area (TPSA) is 27.7 Å². The second-order valence-electron chi connectivity index (χ2n) is 4.64. The third-order valence-corrected chi connectivity index (χ3v) is 2.97. The third kappa shape index (κ3) is 5.70. The highest BCUT2D eigenvalue weighted by molar-refractivity contribution is 5.54. The van der Waals surface area contributed by atoms with E-state index < -0.39 is 0 Å². The molecular weight excluding hydrogens is 264 g/mol. The summed E-state index contributed by atoms with van der Waals surface area (Å²) in [6.07, 6.45) is 7.50. The largest absolute Gasteiger partial charge is 0.490 e. The lowest BCUT2D eigenvalue weighted by Crippen LogP contribution is -2.03. The van der Waals surface area contributed by atoms with Crippen LogP contribution in [0.3, 0.4) is 0 Å². The maximum absolute atomic E-state index is 5.72. The van der Waals surface area contributed by atoms with Gasteiger partial charge >= 0.3 is 0 Å². The maximum atomic E-state index is 5.72. The van der Waals surface area contributed by atoms with Gasteiger partial charge in [0.05, 0.1) is 19.8 Å². The Bertz CT molecular complexity index is 411. The molecule has 3 nitrogen and oxygen atoms in total. The van der Waals surface area contributed by atoms with Crippen molar-refractivity contribution >= 4 is 0 Å². The van der Waals surface area contributed by atoms with Crippen molar-refractivity contribution < 1.29 is 14.2 Å². The van der Waals surface area contributed by atoms with Gasteiger partial charge in [-0.3, -0.25) is 0 Å². The van der Waals surface area contributed by atoms with Crippen molar-refractivity contribution in [2.45, 2.75) is 47.0 Å². The number of aryl methyl sites for hydroxylation is 1. The van der Waals surface area contributed by atoms with Gasteiger partial charge in [-0.25, -0.2) is 0 Å². The highest BCUT2D eigenvalue weighted by Gasteiger charge is 2.14. The Morgan fingerprint density at radius 2 is 1.38 bits per heavy atom. The standard InChI is InChI=1S/C18H28O3/c1-5-9-10-11-12-15-13-16(19-6-2)18(21-8-4)17(14-15)20-7-3/h9-10,13-14H,5-8,11-12H2,1-4H3/b10-9+. The summed E-state index contributed by atoms with van der Waals surface area (Å²) in [5, 5.41) is 0. The van der Waals surface area contributed by atoms with E-state index in [1.54, 1.807) is 0 Å². The molecule has 3 heteroatoms. The molecular formula is C18H28O3. The molecule has 0 aliphatic heterocycles. The lowest BCUT2D eigenvalue weighted by Gasteiger charge is -2.17. The number of allylic oxidation sites excluding steroid dienone is 2. The molecule has 0 N–H and O–H groups in total. The average Bonchev–Trinajstić information content (AvgIpc) is 2.47. The molecule has 0 aliphatic rings. The van der Waals surface area contributed by atoms with Gasteiger partial charge in [-0.1, -0.05) is 19.1 Å². The van der Waals surface area contributed by atoms with Crippen molar-refractivity contribution in [3.05, 3.63) is 29.8 Å². The summed E-state index contributed by atoms with van der Waals surface area (Å²) in [6, 6.07) is 4.13. The molecule has 0 unspecified atom stereocenters. The van der Waals surface area contributed by atoms with Gasteiger partial charge in [0.2, 0.25) is 5.75 Å². The first-order valence-electron chi connectivity index (χ1n) is 7.96. The molecule has 1 aromatic carbocycles. The van der Waals surface area contributed by atoms with Gasteiger partial charge in [0.15, 0.2) is 11.5 Å². The summed E-state index contributed by atoms with van der Waals surface area (Å²) in [7, 11) is 0. The molecule has 1 aromatic rings. The van der Waals surface area contributed by atoms with Crippen LogP contribution >= 0.6 is 0 Å². The van der Waals surface area contributed by atoms with E-state index in [2.05, 4.69) is 31.2 Å². The molecule has 118 valence electrons. The van der Waals surface area contributed by atoms with E-state index in [1.165, 1.54) is 5.56 Å². The van der Waals surface area contributed by atoms with Gasteiger partial charge in [-0.15, -0.1) is 0 Å². The van der Waals surface area contributed by atoms with Crippen molar-refractivity contribution in [1.82, 2.24) is 0 Å². The van der Waals surface area contributed by atoms with Crippen molar-refractivity contribution in [1.29, 1.82) is 0 Å². The molecule has 0 saturated heterocycles. The molecule has 0 aliphatic carbocycles. The van der Waals surface area contributed by atoms with Crippen LogP contribution in [0.15, 0.2) is 24.3 Å². The molecule has 0 heterocycles. The van der Waals surface area contributed by atoms with Crippen LogP contribution in [0.5, 0.6) is 17.2 Å². The molecule has 21 heavy (non-hydrogen) atoms. The SMILES string of the molecule is CC/C=C/CCc1cc(OCC)c(OCC)c(OCC)c1. The van der Waals surface area contributed by atoms with Crippen LogP contribution in [0, 0.1) is 0 Å². The van der Waals surface area contributed by atoms with Crippen molar-refractivity contribution in [2.24, 2.45) is 0 Å². The number of rotatable bonds is 10.